The first-order valence-corrected chi connectivity index (χ1v) is 4.34. The Morgan fingerprint density at radius 2 is 2.36 bits per heavy atom. The zero-order valence-electron chi connectivity index (χ0n) is 7.07. The van der Waals surface area contributed by atoms with Crippen LogP contribution >= 0.6 is 11.6 Å². The average molecular weight is 215 g/mol. The topological polar surface area (TPSA) is 78.4 Å². The van der Waals surface area contributed by atoms with Crippen LogP contribution in [-0.4, -0.2) is 11.5 Å². The van der Waals surface area contributed by atoms with E-state index in [0.717, 1.165) is 0 Å². The van der Waals surface area contributed by atoms with Gasteiger partial charge in [-0.25, -0.2) is 0 Å². The number of nitro benzene ring substituents is 1. The summed E-state index contributed by atoms with van der Waals surface area (Å²) in [7, 11) is 0. The number of rotatable bonds is 1. The molecule has 1 heterocycles. The van der Waals surface area contributed by atoms with E-state index in [9.17, 15) is 10.1 Å². The van der Waals surface area contributed by atoms with Gasteiger partial charge in [0.1, 0.15) is 6.61 Å². The molecule has 6 heteroatoms. The maximum Gasteiger partial charge on any atom is 0.311 e. The van der Waals surface area contributed by atoms with Gasteiger partial charge in [-0.3, -0.25) is 10.1 Å². The summed E-state index contributed by atoms with van der Waals surface area (Å²) in [5, 5.41) is 11.0. The molecule has 1 aromatic rings. The molecule has 0 saturated heterocycles. The minimum Gasteiger partial charge on any atom is -0.485 e. The van der Waals surface area contributed by atoms with Gasteiger partial charge < -0.3 is 10.5 Å². The van der Waals surface area contributed by atoms with Crippen molar-refractivity contribution in [3.8, 4) is 5.75 Å². The molecule has 2 rings (SSSR count). The van der Waals surface area contributed by atoms with Crippen LogP contribution in [0.4, 0.5) is 5.69 Å². The second kappa shape index (κ2) is 3.11. The standard InChI is InChI=1S/C8H7ClN2O3/c9-4-1-2-6(11(12)13)8-7(4)5(10)3-14-8/h1-2,5H,3,10H2. The van der Waals surface area contributed by atoms with Gasteiger partial charge in [-0.2, -0.15) is 0 Å². The first-order valence-electron chi connectivity index (χ1n) is 3.96. The molecule has 1 aromatic carbocycles. The van der Waals surface area contributed by atoms with E-state index in [-0.39, 0.29) is 24.1 Å². The molecule has 1 aliphatic heterocycles. The fourth-order valence-electron chi connectivity index (χ4n) is 1.46. The molecule has 5 nitrogen and oxygen atoms in total. The van der Waals surface area contributed by atoms with Gasteiger partial charge in [0, 0.05) is 16.7 Å². The first-order chi connectivity index (χ1) is 6.61. The van der Waals surface area contributed by atoms with E-state index in [1.807, 2.05) is 0 Å². The summed E-state index contributed by atoms with van der Waals surface area (Å²) in [6.45, 7) is 0.236. The molecule has 1 aliphatic rings. The number of fused-ring (bicyclic) bond motifs is 1. The zero-order chi connectivity index (χ0) is 10.3. The number of hydrogen-bond acceptors (Lipinski definition) is 4. The van der Waals surface area contributed by atoms with Gasteiger partial charge in [-0.1, -0.05) is 11.6 Å². The van der Waals surface area contributed by atoms with Crippen molar-refractivity contribution in [2.24, 2.45) is 5.73 Å². The van der Waals surface area contributed by atoms with Crippen LogP contribution in [0.5, 0.6) is 5.75 Å². The molecule has 1 unspecified atom stereocenters. The lowest BCUT2D eigenvalue weighted by atomic mass is 10.1. The maximum absolute atomic E-state index is 10.6. The smallest absolute Gasteiger partial charge is 0.311 e. The van der Waals surface area contributed by atoms with Crippen molar-refractivity contribution < 1.29 is 9.66 Å². The number of benzene rings is 1. The lowest BCUT2D eigenvalue weighted by Crippen LogP contribution is -2.11. The van der Waals surface area contributed by atoms with E-state index in [2.05, 4.69) is 0 Å². The number of nitrogens with zero attached hydrogens (tertiary/aromatic N) is 1. The second-order valence-electron chi connectivity index (χ2n) is 2.98. The Morgan fingerprint density at radius 3 is 3.00 bits per heavy atom. The van der Waals surface area contributed by atoms with Gasteiger partial charge in [0.2, 0.25) is 5.75 Å². The number of hydrogen-bond donors (Lipinski definition) is 1. The van der Waals surface area contributed by atoms with Crippen molar-refractivity contribution in [2.75, 3.05) is 6.61 Å². The van der Waals surface area contributed by atoms with Crippen LogP contribution in [0.25, 0.3) is 0 Å². The van der Waals surface area contributed by atoms with Crippen molar-refractivity contribution in [1.29, 1.82) is 0 Å². The van der Waals surface area contributed by atoms with Crippen LogP contribution in [0.3, 0.4) is 0 Å². The second-order valence-corrected chi connectivity index (χ2v) is 3.39. The summed E-state index contributed by atoms with van der Waals surface area (Å²) < 4.78 is 5.13. The monoisotopic (exact) mass is 214 g/mol. The largest absolute Gasteiger partial charge is 0.485 e. The highest BCUT2D eigenvalue weighted by atomic mass is 35.5. The van der Waals surface area contributed by atoms with E-state index < -0.39 is 4.92 Å². The highest BCUT2D eigenvalue weighted by Crippen LogP contribution is 2.42. The molecule has 0 fully saturated rings. The fraction of sp³-hybridized carbons (Fsp3) is 0.250. The van der Waals surface area contributed by atoms with E-state index >= 15 is 0 Å². The highest BCUT2D eigenvalue weighted by molar-refractivity contribution is 6.31. The molecular weight excluding hydrogens is 208 g/mol. The molecule has 0 bridgehead atoms. The first kappa shape index (κ1) is 9.23. The van der Waals surface area contributed by atoms with Crippen LogP contribution < -0.4 is 10.5 Å². The summed E-state index contributed by atoms with van der Waals surface area (Å²) in [5.41, 5.74) is 6.13. The van der Waals surface area contributed by atoms with Crippen molar-refractivity contribution in [2.45, 2.75) is 6.04 Å². The van der Waals surface area contributed by atoms with Crippen molar-refractivity contribution >= 4 is 17.3 Å². The number of halogens is 1. The lowest BCUT2D eigenvalue weighted by Gasteiger charge is -2.03. The molecule has 0 aromatic heterocycles. The molecule has 0 spiro atoms. The Bertz CT molecular complexity index is 408. The maximum atomic E-state index is 10.6. The number of nitrogens with two attached hydrogens (primary N) is 1. The minimum absolute atomic E-state index is 0.0858. The van der Waals surface area contributed by atoms with Crippen LogP contribution in [0, 0.1) is 10.1 Å². The molecule has 0 saturated carbocycles. The third-order valence-corrected chi connectivity index (χ3v) is 2.43. The Balaban J connectivity index is 2.64. The number of ether oxygens (including phenoxy) is 1. The van der Waals surface area contributed by atoms with Crippen LogP contribution in [-0.2, 0) is 0 Å². The minimum atomic E-state index is -0.507. The molecule has 74 valence electrons. The van der Waals surface area contributed by atoms with Gasteiger partial charge in [-0.15, -0.1) is 0 Å². The average Bonchev–Trinajstić information content (AvgIpc) is 2.49. The van der Waals surface area contributed by atoms with E-state index in [0.29, 0.717) is 10.6 Å². The Labute approximate surface area is 84.6 Å². The van der Waals surface area contributed by atoms with Gasteiger partial charge in [0.25, 0.3) is 0 Å². The van der Waals surface area contributed by atoms with Crippen molar-refractivity contribution in [3.05, 3.63) is 32.8 Å². The Hall–Kier alpha value is -1.33. The Morgan fingerprint density at radius 1 is 1.64 bits per heavy atom. The van der Waals surface area contributed by atoms with Gasteiger partial charge >= 0.3 is 5.69 Å². The molecule has 2 N–H and O–H groups in total. The molecule has 0 radical (unpaired) electrons. The molecular formula is C8H7ClN2O3. The van der Waals surface area contributed by atoms with Crippen molar-refractivity contribution in [3.63, 3.8) is 0 Å². The predicted octanol–water partition coefficient (Wildman–Crippen LogP) is 1.64. The summed E-state index contributed by atoms with van der Waals surface area (Å²) in [5.74, 6) is 0.204. The van der Waals surface area contributed by atoms with Crippen LogP contribution in [0.1, 0.15) is 11.6 Å². The van der Waals surface area contributed by atoms with Crippen LogP contribution in [0.2, 0.25) is 5.02 Å². The third kappa shape index (κ3) is 1.21. The van der Waals surface area contributed by atoms with E-state index in [1.54, 1.807) is 0 Å². The normalized spacial score (nSPS) is 18.9. The fourth-order valence-corrected chi connectivity index (χ4v) is 1.75. The molecule has 14 heavy (non-hydrogen) atoms. The zero-order valence-corrected chi connectivity index (χ0v) is 7.82. The SMILES string of the molecule is NC1COc2c([N+](=O)[O-])ccc(Cl)c21. The molecule has 0 amide bonds. The van der Waals surface area contributed by atoms with Crippen LogP contribution in [0.15, 0.2) is 12.1 Å². The third-order valence-electron chi connectivity index (χ3n) is 2.10. The lowest BCUT2D eigenvalue weighted by molar-refractivity contribution is -0.385. The quantitative estimate of drug-likeness (QED) is 0.569. The van der Waals surface area contributed by atoms with Gasteiger partial charge in [0.15, 0.2) is 0 Å². The van der Waals surface area contributed by atoms with E-state index in [1.165, 1.54) is 12.1 Å². The van der Waals surface area contributed by atoms with Gasteiger partial charge in [0.05, 0.1) is 11.0 Å². The highest BCUT2D eigenvalue weighted by Gasteiger charge is 2.31. The number of nitro groups is 1. The molecule has 0 aliphatic carbocycles. The summed E-state index contributed by atoms with van der Waals surface area (Å²) in [6.07, 6.45) is 0. The Kier molecular flexibility index (Phi) is 2.05. The summed E-state index contributed by atoms with van der Waals surface area (Å²) in [6, 6.07) is 2.41. The summed E-state index contributed by atoms with van der Waals surface area (Å²) in [4.78, 5) is 10.1. The predicted molar refractivity (Wildman–Crippen MR) is 50.5 cm³/mol. The van der Waals surface area contributed by atoms with Gasteiger partial charge in [-0.05, 0) is 6.07 Å². The van der Waals surface area contributed by atoms with Crippen molar-refractivity contribution in [1.82, 2.24) is 0 Å². The van der Waals surface area contributed by atoms with E-state index in [4.69, 9.17) is 22.1 Å². The molecule has 1 atom stereocenters. The summed E-state index contributed by atoms with van der Waals surface area (Å²) >= 11 is 5.86.